The van der Waals surface area contributed by atoms with E-state index >= 15 is 0 Å². The molecule has 1 rings (SSSR count). The van der Waals surface area contributed by atoms with Gasteiger partial charge in [-0.3, -0.25) is 0 Å². The standard InChI is InChI=1S/C16H21NO2/c1-17(2)13-7-12-15(16(18)19)11-6-10-14-8-4-3-5-9-14/h3-6,8-11H,7,12-13H2,1-2H3,(H,18,19). The molecule has 0 unspecified atom stereocenters. The summed E-state index contributed by atoms with van der Waals surface area (Å²) in [6.45, 7) is 0.896. The highest BCUT2D eigenvalue weighted by atomic mass is 16.4. The molecule has 0 aromatic heterocycles. The molecule has 1 N–H and O–H groups in total. The zero-order valence-corrected chi connectivity index (χ0v) is 11.5. The summed E-state index contributed by atoms with van der Waals surface area (Å²) in [6.07, 6.45) is 6.84. The van der Waals surface area contributed by atoms with Gasteiger partial charge in [0.25, 0.3) is 0 Å². The largest absolute Gasteiger partial charge is 0.478 e. The number of nitrogens with zero attached hydrogens (tertiary/aromatic N) is 1. The molecule has 102 valence electrons. The van der Waals surface area contributed by atoms with Gasteiger partial charge in [-0.05, 0) is 39.0 Å². The van der Waals surface area contributed by atoms with Crippen molar-refractivity contribution in [3.8, 4) is 0 Å². The van der Waals surface area contributed by atoms with E-state index in [0.29, 0.717) is 12.0 Å². The summed E-state index contributed by atoms with van der Waals surface area (Å²) in [5, 5.41) is 9.12. The molecular formula is C16H21NO2. The number of hydrogen-bond acceptors (Lipinski definition) is 2. The molecule has 0 saturated carbocycles. The van der Waals surface area contributed by atoms with E-state index in [1.807, 2.05) is 50.5 Å². The quantitative estimate of drug-likeness (QED) is 0.604. The van der Waals surface area contributed by atoms with Gasteiger partial charge in [0.1, 0.15) is 0 Å². The highest BCUT2D eigenvalue weighted by Gasteiger charge is 2.05. The van der Waals surface area contributed by atoms with Crippen LogP contribution < -0.4 is 0 Å². The lowest BCUT2D eigenvalue weighted by Gasteiger charge is -2.08. The van der Waals surface area contributed by atoms with E-state index in [9.17, 15) is 4.79 Å². The van der Waals surface area contributed by atoms with E-state index in [4.69, 9.17) is 5.11 Å². The predicted octanol–water partition coefficient (Wildman–Crippen LogP) is 3.05. The summed E-state index contributed by atoms with van der Waals surface area (Å²) in [7, 11) is 3.97. The van der Waals surface area contributed by atoms with Gasteiger partial charge in [0, 0.05) is 5.57 Å². The Labute approximate surface area is 114 Å². The highest BCUT2D eigenvalue weighted by molar-refractivity contribution is 5.87. The minimum atomic E-state index is -0.837. The second kappa shape index (κ2) is 8.27. The second-order valence-corrected chi connectivity index (χ2v) is 4.67. The van der Waals surface area contributed by atoms with Gasteiger partial charge in [0.2, 0.25) is 0 Å². The summed E-state index contributed by atoms with van der Waals surface area (Å²) >= 11 is 0. The number of carboxylic acid groups (broad SMARTS) is 1. The first kappa shape index (κ1) is 15.2. The molecule has 0 saturated heterocycles. The van der Waals surface area contributed by atoms with E-state index in [1.165, 1.54) is 0 Å². The maximum Gasteiger partial charge on any atom is 0.331 e. The molecule has 1 aromatic carbocycles. The van der Waals surface area contributed by atoms with E-state index in [2.05, 4.69) is 4.90 Å². The lowest BCUT2D eigenvalue weighted by molar-refractivity contribution is -0.132. The van der Waals surface area contributed by atoms with Crippen LogP contribution >= 0.6 is 0 Å². The van der Waals surface area contributed by atoms with E-state index < -0.39 is 5.97 Å². The van der Waals surface area contributed by atoms with Gasteiger partial charge < -0.3 is 10.0 Å². The van der Waals surface area contributed by atoms with Gasteiger partial charge in [0.15, 0.2) is 0 Å². The molecule has 0 aliphatic carbocycles. The van der Waals surface area contributed by atoms with Crippen LogP contribution in [0, 0.1) is 0 Å². The average Bonchev–Trinajstić information content (AvgIpc) is 2.37. The SMILES string of the molecule is CN(C)CCCC(=CC=Cc1ccccc1)C(=O)O. The Balaban J connectivity index is 2.58. The van der Waals surface area contributed by atoms with E-state index in [-0.39, 0.29) is 0 Å². The van der Waals surface area contributed by atoms with Gasteiger partial charge in [-0.2, -0.15) is 0 Å². The first-order valence-electron chi connectivity index (χ1n) is 6.40. The second-order valence-electron chi connectivity index (χ2n) is 4.67. The predicted molar refractivity (Wildman–Crippen MR) is 79.0 cm³/mol. The molecule has 19 heavy (non-hydrogen) atoms. The summed E-state index contributed by atoms with van der Waals surface area (Å²) in [4.78, 5) is 13.2. The van der Waals surface area contributed by atoms with E-state index in [0.717, 1.165) is 18.5 Å². The normalized spacial score (nSPS) is 12.3. The lowest BCUT2D eigenvalue weighted by atomic mass is 10.1. The maximum absolute atomic E-state index is 11.1. The van der Waals surface area contributed by atoms with Crippen molar-refractivity contribution in [2.24, 2.45) is 0 Å². The van der Waals surface area contributed by atoms with Crippen LogP contribution in [-0.2, 0) is 4.79 Å². The average molecular weight is 259 g/mol. The Kier molecular flexibility index (Phi) is 6.61. The summed E-state index contributed by atoms with van der Waals surface area (Å²) in [6, 6.07) is 9.84. The first-order valence-corrected chi connectivity index (χ1v) is 6.40. The molecular weight excluding hydrogens is 238 g/mol. The Morgan fingerprint density at radius 2 is 1.95 bits per heavy atom. The molecule has 3 heteroatoms. The third-order valence-electron chi connectivity index (χ3n) is 2.71. The van der Waals surface area contributed by atoms with Gasteiger partial charge in [0.05, 0.1) is 0 Å². The fourth-order valence-electron chi connectivity index (χ4n) is 1.69. The number of hydrogen-bond donors (Lipinski definition) is 1. The third kappa shape index (κ3) is 6.58. The summed E-state index contributed by atoms with van der Waals surface area (Å²) in [5.41, 5.74) is 1.52. The first-order chi connectivity index (χ1) is 9.09. The van der Waals surface area contributed by atoms with Crippen molar-refractivity contribution >= 4 is 12.0 Å². The van der Waals surface area contributed by atoms with Crippen molar-refractivity contribution in [3.63, 3.8) is 0 Å². The fraction of sp³-hybridized carbons (Fsp3) is 0.312. The Bertz CT molecular complexity index is 447. The summed E-state index contributed by atoms with van der Waals surface area (Å²) < 4.78 is 0. The third-order valence-corrected chi connectivity index (χ3v) is 2.71. The van der Waals surface area contributed by atoms with Crippen molar-refractivity contribution in [1.29, 1.82) is 0 Å². The smallest absolute Gasteiger partial charge is 0.331 e. The molecule has 0 spiro atoms. The molecule has 0 atom stereocenters. The molecule has 0 heterocycles. The van der Waals surface area contributed by atoms with Crippen LogP contribution in [0.3, 0.4) is 0 Å². The van der Waals surface area contributed by atoms with Crippen LogP contribution in [0.25, 0.3) is 6.08 Å². The Morgan fingerprint density at radius 1 is 1.26 bits per heavy atom. The van der Waals surface area contributed by atoms with Crippen molar-refractivity contribution in [2.45, 2.75) is 12.8 Å². The molecule has 0 radical (unpaired) electrons. The number of allylic oxidation sites excluding steroid dienone is 2. The molecule has 1 aromatic rings. The van der Waals surface area contributed by atoms with Crippen LogP contribution in [0.5, 0.6) is 0 Å². The minimum absolute atomic E-state index is 0.453. The van der Waals surface area contributed by atoms with Gasteiger partial charge in [-0.25, -0.2) is 4.79 Å². The van der Waals surface area contributed by atoms with Crippen LogP contribution in [0.4, 0.5) is 0 Å². The van der Waals surface area contributed by atoms with Crippen molar-refractivity contribution in [2.75, 3.05) is 20.6 Å². The van der Waals surface area contributed by atoms with Crippen LogP contribution in [-0.4, -0.2) is 36.6 Å². The number of benzene rings is 1. The van der Waals surface area contributed by atoms with Gasteiger partial charge in [-0.1, -0.05) is 48.6 Å². The highest BCUT2D eigenvalue weighted by Crippen LogP contribution is 2.08. The number of rotatable bonds is 7. The molecule has 0 bridgehead atoms. The monoisotopic (exact) mass is 259 g/mol. The van der Waals surface area contributed by atoms with Crippen LogP contribution in [0.2, 0.25) is 0 Å². The Hall–Kier alpha value is -1.87. The van der Waals surface area contributed by atoms with Crippen molar-refractivity contribution in [3.05, 3.63) is 53.6 Å². The zero-order chi connectivity index (χ0) is 14.1. The fourth-order valence-corrected chi connectivity index (χ4v) is 1.69. The van der Waals surface area contributed by atoms with Crippen molar-refractivity contribution in [1.82, 2.24) is 4.90 Å². The molecule has 0 amide bonds. The molecule has 3 nitrogen and oxygen atoms in total. The zero-order valence-electron chi connectivity index (χ0n) is 11.5. The minimum Gasteiger partial charge on any atom is -0.478 e. The molecule has 0 aliphatic rings. The van der Waals surface area contributed by atoms with E-state index in [1.54, 1.807) is 12.2 Å². The van der Waals surface area contributed by atoms with Crippen LogP contribution in [0.1, 0.15) is 18.4 Å². The van der Waals surface area contributed by atoms with Crippen LogP contribution in [0.15, 0.2) is 48.1 Å². The van der Waals surface area contributed by atoms with Gasteiger partial charge >= 0.3 is 5.97 Å². The van der Waals surface area contributed by atoms with Crippen molar-refractivity contribution < 1.29 is 9.90 Å². The Morgan fingerprint density at radius 3 is 2.53 bits per heavy atom. The molecule has 0 aliphatic heterocycles. The van der Waals surface area contributed by atoms with Gasteiger partial charge in [-0.15, -0.1) is 0 Å². The number of carbonyl (C=O) groups is 1. The summed E-state index contributed by atoms with van der Waals surface area (Å²) in [5.74, 6) is -0.837. The number of aliphatic carboxylic acids is 1. The molecule has 0 fully saturated rings. The topological polar surface area (TPSA) is 40.5 Å². The maximum atomic E-state index is 11.1. The lowest BCUT2D eigenvalue weighted by Crippen LogP contribution is -2.13. The number of carboxylic acids is 1.